The Morgan fingerprint density at radius 1 is 1.18 bits per heavy atom. The molecule has 0 spiro atoms. The first kappa shape index (κ1) is 20.6. The van der Waals surface area contributed by atoms with Crippen molar-refractivity contribution in [1.82, 2.24) is 10.2 Å². The smallest absolute Gasteiger partial charge is 0.248 e. The number of primary amides is 1. The van der Waals surface area contributed by atoms with Gasteiger partial charge in [0.2, 0.25) is 11.8 Å². The topological polar surface area (TPSA) is 93.9 Å². The molecule has 0 radical (unpaired) electrons. The number of nitrogens with zero attached hydrogens (tertiary/aromatic N) is 1. The summed E-state index contributed by atoms with van der Waals surface area (Å²) in [6, 6.07) is 7.03. The molecule has 2 fully saturated rings. The molecule has 1 aromatic carbocycles. The van der Waals surface area contributed by atoms with Gasteiger partial charge in [-0.2, -0.15) is 0 Å². The molecule has 7 nitrogen and oxygen atoms in total. The van der Waals surface area contributed by atoms with Crippen LogP contribution in [0.2, 0.25) is 0 Å². The predicted octanol–water partition coefficient (Wildman–Crippen LogP) is 1.42. The number of carbonyl (C=O) groups excluding carboxylic acids is 2. The minimum Gasteiger partial charge on any atom is -0.494 e. The molecule has 2 aliphatic rings. The molecule has 3 N–H and O–H groups in total. The highest BCUT2D eigenvalue weighted by Crippen LogP contribution is 2.37. The molecule has 0 bridgehead atoms. The average Bonchev–Trinajstić information content (AvgIpc) is 3.06. The Kier molecular flexibility index (Phi) is 6.91. The third-order valence-corrected chi connectivity index (χ3v) is 5.91. The fourth-order valence-corrected chi connectivity index (χ4v) is 4.56. The number of hydrogen-bond donors (Lipinski definition) is 2. The SMILES string of the molecule is CO[C@@H]1C[C@H]2CN(CCCOc3ccc(C(N)=O)cc3)C[C@H]2C[C@H]1NC(C)=O. The van der Waals surface area contributed by atoms with Gasteiger partial charge in [0.05, 0.1) is 18.8 Å². The quantitative estimate of drug-likeness (QED) is 0.656. The van der Waals surface area contributed by atoms with Gasteiger partial charge in [-0.1, -0.05) is 0 Å². The molecule has 0 unspecified atom stereocenters. The molecule has 7 heteroatoms. The summed E-state index contributed by atoms with van der Waals surface area (Å²) in [7, 11) is 1.74. The van der Waals surface area contributed by atoms with Gasteiger partial charge in [-0.05, 0) is 55.4 Å². The van der Waals surface area contributed by atoms with Gasteiger partial charge in [-0.3, -0.25) is 9.59 Å². The first-order valence-electron chi connectivity index (χ1n) is 10.0. The van der Waals surface area contributed by atoms with Gasteiger partial charge in [0.1, 0.15) is 5.75 Å². The molecular formula is C21H31N3O4. The summed E-state index contributed by atoms with van der Waals surface area (Å²) >= 11 is 0. The Hall–Kier alpha value is -2.12. The Morgan fingerprint density at radius 3 is 2.46 bits per heavy atom. The third kappa shape index (κ3) is 5.23. The van der Waals surface area contributed by atoms with Crippen molar-refractivity contribution in [2.45, 2.75) is 38.3 Å². The Morgan fingerprint density at radius 2 is 1.86 bits per heavy atom. The lowest BCUT2D eigenvalue weighted by molar-refractivity contribution is -0.121. The molecule has 2 amide bonds. The van der Waals surface area contributed by atoms with Crippen molar-refractivity contribution in [1.29, 1.82) is 0 Å². The van der Waals surface area contributed by atoms with Crippen LogP contribution in [0.1, 0.15) is 36.5 Å². The lowest BCUT2D eigenvalue weighted by Crippen LogP contribution is -2.49. The molecule has 4 atom stereocenters. The van der Waals surface area contributed by atoms with Crippen molar-refractivity contribution in [3.63, 3.8) is 0 Å². The Balaban J connectivity index is 1.41. The summed E-state index contributed by atoms with van der Waals surface area (Å²) in [5.74, 6) is 1.59. The number of fused-ring (bicyclic) bond motifs is 1. The van der Waals surface area contributed by atoms with Gasteiger partial charge in [0, 0.05) is 39.2 Å². The van der Waals surface area contributed by atoms with Crippen LogP contribution < -0.4 is 15.8 Å². The van der Waals surface area contributed by atoms with E-state index < -0.39 is 5.91 Å². The lowest BCUT2D eigenvalue weighted by Gasteiger charge is -2.37. The summed E-state index contributed by atoms with van der Waals surface area (Å²) in [4.78, 5) is 25.0. The van der Waals surface area contributed by atoms with E-state index in [0.29, 0.717) is 24.0 Å². The molecule has 154 valence electrons. The number of likely N-dealkylation sites (tertiary alicyclic amines) is 1. The predicted molar refractivity (Wildman–Crippen MR) is 106 cm³/mol. The highest BCUT2D eigenvalue weighted by molar-refractivity contribution is 5.92. The fraction of sp³-hybridized carbons (Fsp3) is 0.619. The minimum atomic E-state index is -0.432. The summed E-state index contributed by atoms with van der Waals surface area (Å²) in [6.45, 7) is 5.36. The zero-order valence-corrected chi connectivity index (χ0v) is 16.7. The maximum atomic E-state index is 11.5. The summed E-state index contributed by atoms with van der Waals surface area (Å²) in [5, 5.41) is 3.06. The molecule has 1 heterocycles. The summed E-state index contributed by atoms with van der Waals surface area (Å²) in [6.07, 6.45) is 3.05. The van der Waals surface area contributed by atoms with Crippen LogP contribution in [0.4, 0.5) is 0 Å². The maximum absolute atomic E-state index is 11.5. The minimum absolute atomic E-state index is 0.0152. The molecule has 3 rings (SSSR count). The lowest BCUT2D eigenvalue weighted by atomic mass is 9.77. The second-order valence-electron chi connectivity index (χ2n) is 7.92. The second-order valence-corrected chi connectivity index (χ2v) is 7.92. The van der Waals surface area contributed by atoms with E-state index in [0.717, 1.165) is 44.6 Å². The number of methoxy groups -OCH3 is 1. The van der Waals surface area contributed by atoms with Crippen molar-refractivity contribution in [2.75, 3.05) is 33.4 Å². The third-order valence-electron chi connectivity index (χ3n) is 5.91. The van der Waals surface area contributed by atoms with E-state index >= 15 is 0 Å². The first-order chi connectivity index (χ1) is 13.5. The Labute approximate surface area is 166 Å². The molecular weight excluding hydrogens is 358 g/mol. The second kappa shape index (κ2) is 9.39. The van der Waals surface area contributed by atoms with Crippen LogP contribution in [0.5, 0.6) is 5.75 Å². The average molecular weight is 389 g/mol. The van der Waals surface area contributed by atoms with E-state index in [4.69, 9.17) is 15.2 Å². The van der Waals surface area contributed by atoms with Gasteiger partial charge < -0.3 is 25.4 Å². The van der Waals surface area contributed by atoms with Gasteiger partial charge in [0.25, 0.3) is 0 Å². The largest absolute Gasteiger partial charge is 0.494 e. The number of carbonyl (C=O) groups is 2. The number of ether oxygens (including phenoxy) is 2. The van der Waals surface area contributed by atoms with Crippen molar-refractivity contribution >= 4 is 11.8 Å². The zero-order valence-electron chi connectivity index (χ0n) is 16.7. The molecule has 1 aromatic rings. The summed E-state index contributed by atoms with van der Waals surface area (Å²) < 4.78 is 11.4. The van der Waals surface area contributed by atoms with Crippen LogP contribution in [-0.2, 0) is 9.53 Å². The number of hydrogen-bond acceptors (Lipinski definition) is 5. The first-order valence-corrected chi connectivity index (χ1v) is 10.0. The number of rotatable bonds is 8. The van der Waals surface area contributed by atoms with Crippen molar-refractivity contribution in [2.24, 2.45) is 17.6 Å². The molecule has 1 aliphatic heterocycles. The van der Waals surface area contributed by atoms with E-state index in [1.54, 1.807) is 38.3 Å². The molecule has 1 aliphatic carbocycles. The van der Waals surface area contributed by atoms with E-state index in [9.17, 15) is 9.59 Å². The number of amides is 2. The molecule has 1 saturated heterocycles. The van der Waals surface area contributed by atoms with Crippen LogP contribution in [-0.4, -0.2) is 62.2 Å². The highest BCUT2D eigenvalue weighted by atomic mass is 16.5. The van der Waals surface area contributed by atoms with Crippen LogP contribution in [0, 0.1) is 11.8 Å². The normalized spacial score (nSPS) is 27.2. The van der Waals surface area contributed by atoms with Gasteiger partial charge in [0.15, 0.2) is 0 Å². The van der Waals surface area contributed by atoms with Gasteiger partial charge >= 0.3 is 0 Å². The van der Waals surface area contributed by atoms with Crippen LogP contribution in [0.25, 0.3) is 0 Å². The number of nitrogens with one attached hydrogen (secondary N) is 1. The van der Waals surface area contributed by atoms with E-state index in [1.807, 2.05) is 0 Å². The van der Waals surface area contributed by atoms with Crippen LogP contribution in [0.3, 0.4) is 0 Å². The Bertz CT molecular complexity index is 679. The van der Waals surface area contributed by atoms with E-state index in [1.165, 1.54) is 0 Å². The summed E-state index contributed by atoms with van der Waals surface area (Å²) in [5.41, 5.74) is 5.73. The number of benzene rings is 1. The van der Waals surface area contributed by atoms with E-state index in [2.05, 4.69) is 10.2 Å². The monoisotopic (exact) mass is 389 g/mol. The highest BCUT2D eigenvalue weighted by Gasteiger charge is 2.42. The number of nitrogens with two attached hydrogens (primary N) is 1. The fourth-order valence-electron chi connectivity index (χ4n) is 4.56. The van der Waals surface area contributed by atoms with Crippen molar-refractivity contribution in [3.8, 4) is 5.75 Å². The van der Waals surface area contributed by atoms with Crippen molar-refractivity contribution in [3.05, 3.63) is 29.8 Å². The van der Waals surface area contributed by atoms with Crippen molar-refractivity contribution < 1.29 is 19.1 Å². The maximum Gasteiger partial charge on any atom is 0.248 e. The van der Waals surface area contributed by atoms with Crippen LogP contribution in [0.15, 0.2) is 24.3 Å². The molecule has 1 saturated carbocycles. The van der Waals surface area contributed by atoms with Gasteiger partial charge in [-0.25, -0.2) is 0 Å². The zero-order chi connectivity index (χ0) is 20.1. The van der Waals surface area contributed by atoms with E-state index in [-0.39, 0.29) is 18.1 Å². The molecule has 28 heavy (non-hydrogen) atoms. The van der Waals surface area contributed by atoms with Crippen LogP contribution >= 0.6 is 0 Å². The standard InChI is InChI=1S/C21H31N3O4/c1-14(25)23-19-10-16-12-24(13-17(16)11-20(19)27-2)8-3-9-28-18-6-4-15(5-7-18)21(22)26/h4-7,16-17,19-20H,3,8-13H2,1-2H3,(H2,22,26)(H,23,25)/t16-,17+,19-,20-/m1/s1. The van der Waals surface area contributed by atoms with Gasteiger partial charge in [-0.15, -0.1) is 0 Å². The molecule has 0 aromatic heterocycles.